The number of hydrogen-bond donors (Lipinski definition) is 1. The van der Waals surface area contributed by atoms with Crippen molar-refractivity contribution >= 4 is 26.9 Å². The Bertz CT molecular complexity index is 638. The molecule has 2 heterocycles. The van der Waals surface area contributed by atoms with Crippen molar-refractivity contribution in [3.05, 3.63) is 58.7 Å². The molecule has 0 saturated heterocycles. The Hall–Kier alpha value is -1.52. The number of para-hydroxylation sites is 1. The second-order valence-corrected chi connectivity index (χ2v) is 4.78. The third kappa shape index (κ3) is 1.87. The molecule has 0 radical (unpaired) electrons. The molecule has 3 aromatic rings. The molecule has 18 heavy (non-hydrogen) atoms. The Morgan fingerprint density at radius 1 is 1.22 bits per heavy atom. The zero-order valence-electron chi connectivity index (χ0n) is 9.81. The highest BCUT2D eigenvalue weighted by Gasteiger charge is 2.20. The lowest BCUT2D eigenvalue weighted by Gasteiger charge is -2.11. The fourth-order valence-electron chi connectivity index (χ4n) is 2.11. The Kier molecular flexibility index (Phi) is 2.97. The van der Waals surface area contributed by atoms with E-state index in [2.05, 4.69) is 27.3 Å². The predicted octanol–water partition coefficient (Wildman–Crippen LogP) is 4.10. The van der Waals surface area contributed by atoms with E-state index >= 15 is 0 Å². The van der Waals surface area contributed by atoms with Crippen LogP contribution in [0.15, 0.2) is 56.2 Å². The van der Waals surface area contributed by atoms with Crippen LogP contribution in [0, 0.1) is 0 Å². The van der Waals surface area contributed by atoms with Crippen molar-refractivity contribution in [3.8, 4) is 0 Å². The molecule has 1 N–H and O–H groups in total. The maximum Gasteiger partial charge on any atom is 0.174 e. The van der Waals surface area contributed by atoms with E-state index < -0.39 is 0 Å². The van der Waals surface area contributed by atoms with Gasteiger partial charge in [-0.15, -0.1) is 0 Å². The molecule has 2 aromatic heterocycles. The quantitative estimate of drug-likeness (QED) is 0.792. The average Bonchev–Trinajstić information content (AvgIpc) is 2.97. The largest absolute Gasteiger partial charge is 0.459 e. The van der Waals surface area contributed by atoms with Crippen molar-refractivity contribution < 1.29 is 8.83 Å². The third-order valence-corrected chi connectivity index (χ3v) is 3.62. The molecule has 3 nitrogen and oxygen atoms in total. The van der Waals surface area contributed by atoms with E-state index in [9.17, 15) is 0 Å². The first-order chi connectivity index (χ1) is 8.79. The van der Waals surface area contributed by atoms with Crippen molar-refractivity contribution in [2.24, 2.45) is 0 Å². The molecular weight excluding hydrogens is 294 g/mol. The zero-order chi connectivity index (χ0) is 12.5. The summed E-state index contributed by atoms with van der Waals surface area (Å²) in [6.45, 7) is 0. The van der Waals surface area contributed by atoms with Gasteiger partial charge >= 0.3 is 0 Å². The minimum absolute atomic E-state index is 0.0227. The van der Waals surface area contributed by atoms with Gasteiger partial charge in [-0.2, -0.15) is 0 Å². The summed E-state index contributed by atoms with van der Waals surface area (Å²) >= 11 is 3.40. The van der Waals surface area contributed by atoms with Crippen molar-refractivity contribution in [3.63, 3.8) is 0 Å². The summed E-state index contributed by atoms with van der Waals surface area (Å²) in [5.41, 5.74) is 1.92. The molecule has 0 aliphatic heterocycles. The summed E-state index contributed by atoms with van der Waals surface area (Å²) < 4.78 is 11.9. The fraction of sp³-hybridized carbons (Fsp3) is 0.143. The van der Waals surface area contributed by atoms with Crippen LogP contribution in [-0.4, -0.2) is 7.05 Å². The summed E-state index contributed by atoms with van der Waals surface area (Å²) in [4.78, 5) is 0. The van der Waals surface area contributed by atoms with E-state index in [1.54, 1.807) is 6.26 Å². The van der Waals surface area contributed by atoms with Crippen LogP contribution in [-0.2, 0) is 0 Å². The summed E-state index contributed by atoms with van der Waals surface area (Å²) in [6, 6.07) is 11.9. The molecule has 0 spiro atoms. The fourth-order valence-corrected chi connectivity index (χ4v) is 2.58. The van der Waals surface area contributed by atoms with Gasteiger partial charge in [-0.25, -0.2) is 0 Å². The molecule has 0 amide bonds. The highest BCUT2D eigenvalue weighted by atomic mass is 79.9. The first kappa shape index (κ1) is 11.6. The molecule has 1 atom stereocenters. The van der Waals surface area contributed by atoms with Gasteiger partial charge in [-0.1, -0.05) is 18.2 Å². The third-order valence-electron chi connectivity index (χ3n) is 2.97. The molecular formula is C14H12BrNO2. The smallest absolute Gasteiger partial charge is 0.174 e. The first-order valence-corrected chi connectivity index (χ1v) is 6.47. The molecule has 0 fully saturated rings. The standard InChI is InChI=1S/C14H12BrNO2/c1-16-13(10-6-7-17-14(10)15)12-8-9-4-2-3-5-11(9)18-12/h2-8,13,16H,1H3. The van der Waals surface area contributed by atoms with Gasteiger partial charge in [-0.3, -0.25) is 0 Å². The molecule has 0 saturated carbocycles. The zero-order valence-corrected chi connectivity index (χ0v) is 11.4. The molecule has 1 aromatic carbocycles. The first-order valence-electron chi connectivity index (χ1n) is 5.68. The summed E-state index contributed by atoms with van der Waals surface area (Å²) in [5.74, 6) is 0.876. The van der Waals surface area contributed by atoms with Gasteiger partial charge in [0, 0.05) is 10.9 Å². The second kappa shape index (κ2) is 4.63. The molecule has 1 unspecified atom stereocenters. The number of hydrogen-bond acceptors (Lipinski definition) is 3. The van der Waals surface area contributed by atoms with Crippen molar-refractivity contribution in [2.45, 2.75) is 6.04 Å². The van der Waals surface area contributed by atoms with E-state index in [0.29, 0.717) is 0 Å². The van der Waals surface area contributed by atoms with Gasteiger partial charge in [0.15, 0.2) is 4.67 Å². The van der Waals surface area contributed by atoms with E-state index in [1.807, 2.05) is 37.4 Å². The average molecular weight is 306 g/mol. The van der Waals surface area contributed by atoms with Crippen molar-refractivity contribution in [1.82, 2.24) is 5.32 Å². The normalized spacial score (nSPS) is 13.0. The van der Waals surface area contributed by atoms with Gasteiger partial charge in [0.1, 0.15) is 11.3 Å². The topological polar surface area (TPSA) is 38.3 Å². The predicted molar refractivity (Wildman–Crippen MR) is 73.5 cm³/mol. The van der Waals surface area contributed by atoms with Crippen LogP contribution in [0.25, 0.3) is 11.0 Å². The maximum atomic E-state index is 5.87. The van der Waals surface area contributed by atoms with Crippen LogP contribution >= 0.6 is 15.9 Å². The van der Waals surface area contributed by atoms with Crippen molar-refractivity contribution in [2.75, 3.05) is 7.05 Å². The summed E-state index contributed by atoms with van der Waals surface area (Å²) in [5, 5.41) is 4.34. The lowest BCUT2D eigenvalue weighted by molar-refractivity contribution is 0.479. The molecule has 4 heteroatoms. The molecule has 0 bridgehead atoms. The SMILES string of the molecule is CNC(c1cc2ccccc2o1)c1ccoc1Br. The lowest BCUT2D eigenvalue weighted by Crippen LogP contribution is -2.16. The Labute approximate surface area is 113 Å². The summed E-state index contributed by atoms with van der Waals surface area (Å²) in [6.07, 6.45) is 1.66. The molecule has 0 aliphatic carbocycles. The highest BCUT2D eigenvalue weighted by Crippen LogP contribution is 2.32. The number of rotatable bonds is 3. The highest BCUT2D eigenvalue weighted by molar-refractivity contribution is 9.10. The Morgan fingerprint density at radius 2 is 2.06 bits per heavy atom. The Balaban J connectivity index is 2.09. The lowest BCUT2D eigenvalue weighted by atomic mass is 10.1. The van der Waals surface area contributed by atoms with Crippen molar-refractivity contribution in [1.29, 1.82) is 0 Å². The number of benzene rings is 1. The number of fused-ring (bicyclic) bond motifs is 1. The van der Waals surface area contributed by atoms with Crippen LogP contribution in [0.2, 0.25) is 0 Å². The maximum absolute atomic E-state index is 5.87. The van der Waals surface area contributed by atoms with Crippen LogP contribution in [0.5, 0.6) is 0 Å². The second-order valence-electron chi connectivity index (χ2n) is 4.06. The van der Waals surface area contributed by atoms with E-state index in [-0.39, 0.29) is 6.04 Å². The van der Waals surface area contributed by atoms with Crippen LogP contribution < -0.4 is 5.32 Å². The molecule has 92 valence electrons. The molecule has 3 rings (SSSR count). The van der Waals surface area contributed by atoms with E-state index in [1.165, 1.54) is 0 Å². The van der Waals surface area contributed by atoms with Crippen LogP contribution in [0.3, 0.4) is 0 Å². The monoisotopic (exact) mass is 305 g/mol. The van der Waals surface area contributed by atoms with Gasteiger partial charge in [-0.05, 0) is 41.2 Å². The van der Waals surface area contributed by atoms with Gasteiger partial charge < -0.3 is 14.2 Å². The summed E-state index contributed by atoms with van der Waals surface area (Å²) in [7, 11) is 1.90. The number of furan rings is 2. The minimum atomic E-state index is -0.0227. The van der Waals surface area contributed by atoms with E-state index in [4.69, 9.17) is 8.83 Å². The number of halogens is 1. The minimum Gasteiger partial charge on any atom is -0.459 e. The van der Waals surface area contributed by atoms with Gasteiger partial charge in [0.25, 0.3) is 0 Å². The number of nitrogens with one attached hydrogen (secondary N) is 1. The Morgan fingerprint density at radius 3 is 2.72 bits per heavy atom. The molecule has 0 aliphatic rings. The van der Waals surface area contributed by atoms with Crippen LogP contribution in [0.4, 0.5) is 0 Å². The van der Waals surface area contributed by atoms with Crippen LogP contribution in [0.1, 0.15) is 17.4 Å². The van der Waals surface area contributed by atoms with Gasteiger partial charge in [0.05, 0.1) is 12.3 Å². The van der Waals surface area contributed by atoms with E-state index in [0.717, 1.165) is 27.0 Å². The van der Waals surface area contributed by atoms with Gasteiger partial charge in [0.2, 0.25) is 0 Å².